The Morgan fingerprint density at radius 2 is 2.17 bits per heavy atom. The Kier molecular flexibility index (Phi) is 4.89. The molecule has 0 atom stereocenters. The molecule has 24 heavy (non-hydrogen) atoms. The lowest BCUT2D eigenvalue weighted by Gasteiger charge is -2.14. The highest BCUT2D eigenvalue weighted by Crippen LogP contribution is 2.29. The summed E-state index contributed by atoms with van der Waals surface area (Å²) in [4.78, 5) is 25.7. The predicted octanol–water partition coefficient (Wildman–Crippen LogP) is 3.04. The van der Waals surface area contributed by atoms with Gasteiger partial charge in [0, 0.05) is 31.1 Å². The molecule has 1 aliphatic heterocycles. The maximum absolute atomic E-state index is 12.4. The molecule has 1 aliphatic rings. The normalized spacial score (nSPS) is 13.0. The maximum atomic E-state index is 12.4. The molecule has 0 fully saturated rings. The number of nitrogens with zero attached hydrogens (tertiary/aromatic N) is 3. The van der Waals surface area contributed by atoms with Crippen LogP contribution in [0.25, 0.3) is 0 Å². The van der Waals surface area contributed by atoms with Crippen LogP contribution in [-0.4, -0.2) is 28.6 Å². The van der Waals surface area contributed by atoms with Gasteiger partial charge in [0.2, 0.25) is 11.0 Å². The molecule has 0 spiro atoms. The van der Waals surface area contributed by atoms with E-state index in [9.17, 15) is 9.59 Å². The van der Waals surface area contributed by atoms with Crippen molar-refractivity contribution in [1.82, 2.24) is 10.2 Å². The number of aromatic nitrogens is 2. The van der Waals surface area contributed by atoms with Crippen molar-refractivity contribution in [2.75, 3.05) is 16.8 Å². The summed E-state index contributed by atoms with van der Waals surface area (Å²) in [6.45, 7) is 4.36. The second-order valence-corrected chi connectivity index (χ2v) is 6.88. The molecule has 0 saturated heterocycles. The van der Waals surface area contributed by atoms with Crippen LogP contribution in [0, 0.1) is 0 Å². The average molecular weight is 344 g/mol. The standard InChI is InChI=1S/C17H20N4O2S/c1-3-4-5-15-19-20-17(24-15)18-16(23)13-6-7-14-12(10-13)8-9-21(14)11(2)22/h6-7,10H,3-5,8-9H2,1-2H3,(H,18,20,23). The summed E-state index contributed by atoms with van der Waals surface area (Å²) in [7, 11) is 0. The first-order chi connectivity index (χ1) is 11.6. The third kappa shape index (κ3) is 3.46. The quantitative estimate of drug-likeness (QED) is 0.904. The van der Waals surface area contributed by atoms with Gasteiger partial charge in [0.05, 0.1) is 0 Å². The fourth-order valence-electron chi connectivity index (χ4n) is 2.77. The highest BCUT2D eigenvalue weighted by Gasteiger charge is 2.23. The molecule has 0 radical (unpaired) electrons. The molecule has 2 amide bonds. The van der Waals surface area contributed by atoms with Crippen molar-refractivity contribution < 1.29 is 9.59 Å². The van der Waals surface area contributed by atoms with Gasteiger partial charge in [-0.2, -0.15) is 0 Å². The minimum Gasteiger partial charge on any atom is -0.312 e. The van der Waals surface area contributed by atoms with Crippen LogP contribution in [0.4, 0.5) is 10.8 Å². The van der Waals surface area contributed by atoms with Gasteiger partial charge >= 0.3 is 0 Å². The molecule has 6 nitrogen and oxygen atoms in total. The van der Waals surface area contributed by atoms with Crippen molar-refractivity contribution in [3.63, 3.8) is 0 Å². The van der Waals surface area contributed by atoms with Crippen LogP contribution in [0.2, 0.25) is 0 Å². The predicted molar refractivity (Wildman–Crippen MR) is 94.6 cm³/mol. The van der Waals surface area contributed by atoms with E-state index < -0.39 is 0 Å². The number of hydrogen-bond donors (Lipinski definition) is 1. The largest absolute Gasteiger partial charge is 0.312 e. The number of unbranched alkanes of at least 4 members (excludes halogenated alkanes) is 1. The van der Waals surface area contributed by atoms with Crippen LogP contribution in [0.5, 0.6) is 0 Å². The monoisotopic (exact) mass is 344 g/mol. The fraction of sp³-hybridized carbons (Fsp3) is 0.412. The van der Waals surface area contributed by atoms with Crippen LogP contribution in [0.15, 0.2) is 18.2 Å². The van der Waals surface area contributed by atoms with Crippen LogP contribution >= 0.6 is 11.3 Å². The van der Waals surface area contributed by atoms with Crippen LogP contribution in [-0.2, 0) is 17.6 Å². The van der Waals surface area contributed by atoms with Crippen LogP contribution < -0.4 is 10.2 Å². The van der Waals surface area contributed by atoms with Crippen molar-refractivity contribution in [3.8, 4) is 0 Å². The van der Waals surface area contributed by atoms with Gasteiger partial charge in [0.25, 0.3) is 5.91 Å². The number of nitrogens with one attached hydrogen (secondary N) is 1. The van der Waals surface area contributed by atoms with E-state index in [1.54, 1.807) is 17.9 Å². The summed E-state index contributed by atoms with van der Waals surface area (Å²) in [5.41, 5.74) is 2.50. The van der Waals surface area contributed by atoms with Gasteiger partial charge in [-0.15, -0.1) is 10.2 Å². The number of hydrogen-bond acceptors (Lipinski definition) is 5. The van der Waals surface area contributed by atoms with Crippen LogP contribution in [0.3, 0.4) is 0 Å². The minimum atomic E-state index is -0.197. The van der Waals surface area contributed by atoms with Gasteiger partial charge in [-0.25, -0.2) is 0 Å². The van der Waals surface area contributed by atoms with Crippen molar-refractivity contribution in [2.24, 2.45) is 0 Å². The van der Waals surface area contributed by atoms with E-state index in [-0.39, 0.29) is 11.8 Å². The number of amides is 2. The minimum absolute atomic E-state index is 0.0272. The zero-order valence-corrected chi connectivity index (χ0v) is 14.7. The fourth-order valence-corrected chi connectivity index (χ4v) is 3.55. The molecule has 0 aliphatic carbocycles. The van der Waals surface area contributed by atoms with E-state index in [1.807, 2.05) is 12.1 Å². The number of anilines is 2. The maximum Gasteiger partial charge on any atom is 0.257 e. The first-order valence-corrected chi connectivity index (χ1v) is 8.95. The lowest BCUT2D eigenvalue weighted by atomic mass is 10.1. The van der Waals surface area contributed by atoms with E-state index in [0.717, 1.165) is 41.9 Å². The third-order valence-electron chi connectivity index (χ3n) is 4.05. The van der Waals surface area contributed by atoms with Gasteiger partial charge in [0.15, 0.2) is 0 Å². The number of carbonyl (C=O) groups is 2. The topological polar surface area (TPSA) is 75.2 Å². The molecule has 0 saturated carbocycles. The van der Waals surface area contributed by atoms with Crippen molar-refractivity contribution >= 4 is 34.0 Å². The van der Waals surface area contributed by atoms with Crippen molar-refractivity contribution in [2.45, 2.75) is 39.5 Å². The molecule has 7 heteroatoms. The Balaban J connectivity index is 1.70. The molecule has 1 N–H and O–H groups in total. The van der Waals surface area contributed by atoms with Gasteiger partial charge < -0.3 is 4.90 Å². The molecular weight excluding hydrogens is 324 g/mol. The summed E-state index contributed by atoms with van der Waals surface area (Å²) >= 11 is 1.42. The number of benzene rings is 1. The summed E-state index contributed by atoms with van der Waals surface area (Å²) < 4.78 is 0. The van der Waals surface area contributed by atoms with Gasteiger partial charge in [-0.05, 0) is 36.6 Å². The highest BCUT2D eigenvalue weighted by atomic mass is 32.1. The summed E-state index contributed by atoms with van der Waals surface area (Å²) in [6.07, 6.45) is 3.84. The van der Waals surface area contributed by atoms with Crippen molar-refractivity contribution in [1.29, 1.82) is 0 Å². The number of carbonyl (C=O) groups excluding carboxylic acids is 2. The summed E-state index contributed by atoms with van der Waals surface area (Å²) in [5, 5.41) is 12.4. The molecule has 2 heterocycles. The van der Waals surface area contributed by atoms with E-state index in [4.69, 9.17) is 0 Å². The molecule has 0 unspecified atom stereocenters. The molecule has 2 aromatic rings. The second kappa shape index (κ2) is 7.09. The van der Waals surface area contributed by atoms with E-state index >= 15 is 0 Å². The molecule has 1 aromatic heterocycles. The highest BCUT2D eigenvalue weighted by molar-refractivity contribution is 7.15. The first kappa shape index (κ1) is 16.6. The van der Waals surface area contributed by atoms with E-state index in [0.29, 0.717) is 17.2 Å². The zero-order chi connectivity index (χ0) is 17.1. The summed E-state index contributed by atoms with van der Waals surface area (Å²) in [6, 6.07) is 5.44. The Morgan fingerprint density at radius 1 is 1.33 bits per heavy atom. The average Bonchev–Trinajstić information content (AvgIpc) is 3.18. The Morgan fingerprint density at radius 3 is 2.92 bits per heavy atom. The molecule has 1 aromatic carbocycles. The summed E-state index contributed by atoms with van der Waals surface area (Å²) in [5.74, 6) is -0.170. The lowest BCUT2D eigenvalue weighted by molar-refractivity contribution is -0.116. The van der Waals surface area contributed by atoms with E-state index in [2.05, 4.69) is 22.4 Å². The third-order valence-corrected chi connectivity index (χ3v) is 4.95. The van der Waals surface area contributed by atoms with Gasteiger partial charge in [-0.3, -0.25) is 14.9 Å². The Bertz CT molecular complexity index is 772. The van der Waals surface area contributed by atoms with Gasteiger partial charge in [-0.1, -0.05) is 24.7 Å². The SMILES string of the molecule is CCCCc1nnc(NC(=O)c2ccc3c(c2)CCN3C(C)=O)s1. The smallest absolute Gasteiger partial charge is 0.257 e. The number of aryl methyl sites for hydroxylation is 1. The molecule has 126 valence electrons. The van der Waals surface area contributed by atoms with Gasteiger partial charge in [0.1, 0.15) is 5.01 Å². The molecule has 3 rings (SSSR count). The Hall–Kier alpha value is -2.28. The molecule has 0 bridgehead atoms. The van der Waals surface area contributed by atoms with Crippen molar-refractivity contribution in [3.05, 3.63) is 34.3 Å². The van der Waals surface area contributed by atoms with E-state index in [1.165, 1.54) is 11.3 Å². The second-order valence-electron chi connectivity index (χ2n) is 5.82. The lowest BCUT2D eigenvalue weighted by Crippen LogP contribution is -2.25. The Labute approximate surface area is 144 Å². The first-order valence-electron chi connectivity index (χ1n) is 8.13. The number of rotatable bonds is 5. The van der Waals surface area contributed by atoms with Crippen LogP contribution in [0.1, 0.15) is 47.6 Å². The zero-order valence-electron chi connectivity index (χ0n) is 13.8. The molecular formula is C17H20N4O2S. The number of fused-ring (bicyclic) bond motifs is 1.